The predicted molar refractivity (Wildman–Crippen MR) is 97.3 cm³/mol. The first kappa shape index (κ1) is 16.5. The first-order chi connectivity index (χ1) is 11.4. The monoisotopic (exact) mass is 354 g/mol. The number of rotatable bonds is 4. The molecule has 0 atom stereocenters. The Morgan fingerprint density at radius 1 is 1.29 bits per heavy atom. The first-order valence-corrected chi connectivity index (χ1v) is 8.85. The minimum atomic E-state index is -0.879. The van der Waals surface area contributed by atoms with Gasteiger partial charge in [-0.2, -0.15) is 5.26 Å². The fourth-order valence-electron chi connectivity index (χ4n) is 2.25. The summed E-state index contributed by atoms with van der Waals surface area (Å²) >= 11 is 2.88. The Kier molecular flexibility index (Phi) is 4.31. The summed E-state index contributed by atoms with van der Waals surface area (Å²) in [5, 5.41) is 19.3. The highest BCUT2D eigenvalue weighted by Gasteiger charge is 2.29. The lowest BCUT2D eigenvalue weighted by Crippen LogP contribution is -2.26. The van der Waals surface area contributed by atoms with Crippen LogP contribution in [0.3, 0.4) is 0 Å². The van der Waals surface area contributed by atoms with Gasteiger partial charge in [-0.15, -0.1) is 11.3 Å². The summed E-state index contributed by atoms with van der Waals surface area (Å²) in [5.41, 5.74) is 2.43. The molecule has 0 amide bonds. The summed E-state index contributed by atoms with van der Waals surface area (Å²) in [5.74, 6) is -0.838. The summed E-state index contributed by atoms with van der Waals surface area (Å²) in [6.07, 6.45) is 1.75. The molecule has 0 saturated carbocycles. The molecule has 24 heavy (non-hydrogen) atoms. The number of aromatic nitrogens is 1. The largest absolute Gasteiger partial charge is 0.480 e. The molecule has 0 radical (unpaired) electrons. The van der Waals surface area contributed by atoms with Crippen molar-refractivity contribution in [2.24, 2.45) is 0 Å². The lowest BCUT2D eigenvalue weighted by Gasteiger charge is -2.16. The Morgan fingerprint density at radius 3 is 2.79 bits per heavy atom. The summed E-state index contributed by atoms with van der Waals surface area (Å²) in [4.78, 5) is 16.7. The number of benzene rings is 1. The van der Waals surface area contributed by atoms with Crippen molar-refractivity contribution in [1.29, 1.82) is 5.26 Å². The van der Waals surface area contributed by atoms with Gasteiger partial charge in [-0.05, 0) is 50.2 Å². The number of aliphatic carboxylic acids is 1. The molecule has 120 valence electrons. The van der Waals surface area contributed by atoms with Crippen molar-refractivity contribution in [3.05, 3.63) is 48.2 Å². The van der Waals surface area contributed by atoms with E-state index in [1.54, 1.807) is 37.4 Å². The van der Waals surface area contributed by atoms with Crippen LogP contribution < -0.4 is 0 Å². The van der Waals surface area contributed by atoms with E-state index in [0.29, 0.717) is 5.56 Å². The van der Waals surface area contributed by atoms with Crippen LogP contribution in [0.15, 0.2) is 46.8 Å². The van der Waals surface area contributed by atoms with Gasteiger partial charge < -0.3 is 5.11 Å². The van der Waals surface area contributed by atoms with Crippen molar-refractivity contribution in [2.45, 2.75) is 22.8 Å². The number of hydrogen-bond acceptors (Lipinski definition) is 5. The number of carbonyl (C=O) groups is 1. The van der Waals surface area contributed by atoms with Crippen molar-refractivity contribution >= 4 is 40.0 Å². The topological polar surface area (TPSA) is 74.0 Å². The molecule has 3 aromatic rings. The van der Waals surface area contributed by atoms with E-state index in [1.165, 1.54) is 11.8 Å². The van der Waals surface area contributed by atoms with Crippen LogP contribution in [0.25, 0.3) is 21.3 Å². The first-order valence-electron chi connectivity index (χ1n) is 7.22. The molecule has 0 aliphatic rings. The zero-order valence-corrected chi connectivity index (χ0v) is 14.7. The SMILES string of the molecule is CC(C)(Sc1ccc(-c2ccnc3ccc(C#N)cc23)s1)C(=O)O. The molecule has 0 spiro atoms. The maximum atomic E-state index is 11.3. The third-order valence-electron chi connectivity index (χ3n) is 3.59. The smallest absolute Gasteiger partial charge is 0.319 e. The molecule has 0 bridgehead atoms. The molecule has 2 aromatic heterocycles. The van der Waals surface area contributed by atoms with Crippen LogP contribution >= 0.6 is 23.1 Å². The Labute approximate surface area is 147 Å². The predicted octanol–water partition coefficient (Wildman–Crippen LogP) is 4.79. The van der Waals surface area contributed by atoms with E-state index in [9.17, 15) is 9.90 Å². The highest BCUT2D eigenvalue weighted by Crippen LogP contribution is 2.41. The van der Waals surface area contributed by atoms with E-state index in [-0.39, 0.29) is 0 Å². The molecular weight excluding hydrogens is 340 g/mol. The minimum Gasteiger partial charge on any atom is -0.480 e. The number of pyridine rings is 1. The molecule has 1 N–H and O–H groups in total. The summed E-state index contributed by atoms with van der Waals surface area (Å²) in [6.45, 7) is 3.39. The molecule has 6 heteroatoms. The average molecular weight is 354 g/mol. The second-order valence-electron chi connectivity index (χ2n) is 5.74. The van der Waals surface area contributed by atoms with Crippen molar-refractivity contribution in [3.8, 4) is 16.5 Å². The minimum absolute atomic E-state index is 0.593. The van der Waals surface area contributed by atoms with Gasteiger partial charge >= 0.3 is 5.97 Å². The summed E-state index contributed by atoms with van der Waals surface area (Å²) in [6, 6.07) is 13.4. The van der Waals surface area contributed by atoms with E-state index in [0.717, 1.165) is 25.6 Å². The molecule has 3 rings (SSSR count). The fourth-order valence-corrected chi connectivity index (χ4v) is 4.81. The number of thioether (sulfide) groups is 1. The average Bonchev–Trinajstić information content (AvgIpc) is 3.01. The number of carboxylic acid groups (broad SMARTS) is 1. The summed E-state index contributed by atoms with van der Waals surface area (Å²) < 4.78 is 0.0648. The Bertz CT molecular complexity index is 971. The van der Waals surface area contributed by atoms with Crippen LogP contribution in [0, 0.1) is 11.3 Å². The Balaban J connectivity index is 2.03. The van der Waals surface area contributed by atoms with Crippen LogP contribution in [-0.4, -0.2) is 20.8 Å². The zero-order valence-electron chi connectivity index (χ0n) is 13.1. The molecule has 1 aromatic carbocycles. The van der Waals surface area contributed by atoms with E-state index in [1.807, 2.05) is 30.3 Å². The third kappa shape index (κ3) is 3.14. The third-order valence-corrected chi connectivity index (χ3v) is 6.02. The van der Waals surface area contributed by atoms with E-state index in [2.05, 4.69) is 11.1 Å². The lowest BCUT2D eigenvalue weighted by atomic mass is 10.1. The second-order valence-corrected chi connectivity index (χ2v) is 8.75. The number of hydrogen-bond donors (Lipinski definition) is 1. The maximum Gasteiger partial charge on any atom is 0.319 e. The second kappa shape index (κ2) is 6.27. The Hall–Kier alpha value is -2.36. The van der Waals surface area contributed by atoms with Crippen molar-refractivity contribution in [3.63, 3.8) is 0 Å². The van der Waals surface area contributed by atoms with Crippen LogP contribution in [0.1, 0.15) is 19.4 Å². The highest BCUT2D eigenvalue weighted by molar-refractivity contribution is 8.03. The number of carboxylic acids is 1. The molecule has 0 aliphatic heterocycles. The van der Waals surface area contributed by atoms with Crippen LogP contribution in [0.5, 0.6) is 0 Å². The van der Waals surface area contributed by atoms with Crippen LogP contribution in [0.4, 0.5) is 0 Å². The van der Waals surface area contributed by atoms with E-state index in [4.69, 9.17) is 5.26 Å². The Morgan fingerprint density at radius 2 is 2.08 bits per heavy atom. The van der Waals surface area contributed by atoms with Gasteiger partial charge in [0.2, 0.25) is 0 Å². The van der Waals surface area contributed by atoms with Gasteiger partial charge in [-0.1, -0.05) is 11.8 Å². The van der Waals surface area contributed by atoms with Crippen LogP contribution in [-0.2, 0) is 4.79 Å². The number of thiophene rings is 1. The molecule has 0 saturated heterocycles. The standard InChI is InChI=1S/C18H14N2O2S2/c1-18(2,17(21)22)24-16-6-5-15(23-16)12-7-8-20-14-4-3-11(10-19)9-13(12)14/h3-9H,1-2H3,(H,21,22). The van der Waals surface area contributed by atoms with E-state index < -0.39 is 10.7 Å². The molecular formula is C18H14N2O2S2. The van der Waals surface area contributed by atoms with Crippen molar-refractivity contribution in [1.82, 2.24) is 4.98 Å². The number of nitriles is 1. The van der Waals surface area contributed by atoms with Crippen molar-refractivity contribution < 1.29 is 9.90 Å². The van der Waals surface area contributed by atoms with Gasteiger partial charge in [0.05, 0.1) is 21.4 Å². The maximum absolute atomic E-state index is 11.3. The van der Waals surface area contributed by atoms with Gasteiger partial charge in [0, 0.05) is 22.0 Å². The van der Waals surface area contributed by atoms with E-state index >= 15 is 0 Å². The van der Waals surface area contributed by atoms with Crippen LogP contribution in [0.2, 0.25) is 0 Å². The molecule has 0 fully saturated rings. The van der Waals surface area contributed by atoms with Crippen molar-refractivity contribution in [2.75, 3.05) is 0 Å². The molecule has 4 nitrogen and oxygen atoms in total. The molecule has 0 unspecified atom stereocenters. The van der Waals surface area contributed by atoms with Gasteiger partial charge in [0.25, 0.3) is 0 Å². The van der Waals surface area contributed by atoms with Gasteiger partial charge in [-0.3, -0.25) is 9.78 Å². The number of fused-ring (bicyclic) bond motifs is 1. The normalized spacial score (nSPS) is 11.4. The van der Waals surface area contributed by atoms with Gasteiger partial charge in [0.15, 0.2) is 0 Å². The van der Waals surface area contributed by atoms with Gasteiger partial charge in [-0.25, -0.2) is 0 Å². The quantitative estimate of drug-likeness (QED) is 0.682. The lowest BCUT2D eigenvalue weighted by molar-refractivity contribution is -0.138. The summed E-state index contributed by atoms with van der Waals surface area (Å²) in [7, 11) is 0. The fraction of sp³-hybridized carbons (Fsp3) is 0.167. The zero-order chi connectivity index (χ0) is 17.3. The number of nitrogens with zero attached hydrogens (tertiary/aromatic N) is 2. The van der Waals surface area contributed by atoms with Gasteiger partial charge in [0.1, 0.15) is 4.75 Å². The molecule has 2 heterocycles. The molecule has 0 aliphatic carbocycles. The highest BCUT2D eigenvalue weighted by atomic mass is 32.2.